The van der Waals surface area contributed by atoms with Crippen molar-refractivity contribution >= 4 is 13.3 Å². The van der Waals surface area contributed by atoms with Gasteiger partial charge in [0.2, 0.25) is 13.7 Å². The van der Waals surface area contributed by atoms with Crippen molar-refractivity contribution in [3.05, 3.63) is 35.4 Å². The second-order valence-electron chi connectivity index (χ2n) is 3.68. The van der Waals surface area contributed by atoms with Gasteiger partial charge in [0.05, 0.1) is 5.56 Å². The highest BCUT2D eigenvalue weighted by molar-refractivity contribution is 7.57. The van der Waals surface area contributed by atoms with E-state index in [4.69, 9.17) is 9.26 Å². The summed E-state index contributed by atoms with van der Waals surface area (Å²) in [6.07, 6.45) is -0.825. The standard InChI is InChI=1S/C10H11O4P/c1-15(2,12)14-10-8-6-4-3-5-7(8)9(11)13-10/h3-6,10H,1-2H3. The topological polar surface area (TPSA) is 52.6 Å². The first-order valence-corrected chi connectivity index (χ1v) is 7.02. The van der Waals surface area contributed by atoms with Gasteiger partial charge in [-0.3, -0.25) is 9.09 Å². The molecule has 0 spiro atoms. The molecule has 15 heavy (non-hydrogen) atoms. The average Bonchev–Trinajstić information content (AvgIpc) is 2.42. The zero-order valence-corrected chi connectivity index (χ0v) is 9.36. The van der Waals surface area contributed by atoms with Crippen molar-refractivity contribution in [2.75, 3.05) is 13.3 Å². The van der Waals surface area contributed by atoms with Crippen LogP contribution in [0.15, 0.2) is 24.3 Å². The molecule has 0 bridgehead atoms. The molecule has 80 valence electrons. The fourth-order valence-electron chi connectivity index (χ4n) is 1.42. The van der Waals surface area contributed by atoms with Crippen molar-refractivity contribution in [1.29, 1.82) is 0 Å². The van der Waals surface area contributed by atoms with Gasteiger partial charge in [-0.15, -0.1) is 0 Å². The first kappa shape index (κ1) is 10.4. The summed E-state index contributed by atoms with van der Waals surface area (Å²) in [5, 5.41) is 0. The number of carbonyl (C=O) groups excluding carboxylic acids is 1. The molecule has 1 atom stereocenters. The summed E-state index contributed by atoms with van der Waals surface area (Å²) in [5.41, 5.74) is 1.13. The van der Waals surface area contributed by atoms with E-state index in [1.807, 2.05) is 0 Å². The van der Waals surface area contributed by atoms with E-state index in [1.54, 1.807) is 24.3 Å². The first-order chi connectivity index (χ1) is 6.97. The van der Waals surface area contributed by atoms with Crippen LogP contribution in [0.2, 0.25) is 0 Å². The Hall–Kier alpha value is -1.12. The molecule has 4 nitrogen and oxygen atoms in total. The van der Waals surface area contributed by atoms with E-state index in [2.05, 4.69) is 0 Å². The second kappa shape index (κ2) is 3.47. The van der Waals surface area contributed by atoms with E-state index in [9.17, 15) is 9.36 Å². The molecule has 0 fully saturated rings. The molecule has 0 aliphatic carbocycles. The van der Waals surface area contributed by atoms with Crippen LogP contribution in [0.25, 0.3) is 0 Å². The minimum Gasteiger partial charge on any atom is -0.427 e. The number of cyclic esters (lactones) is 1. The van der Waals surface area contributed by atoms with Gasteiger partial charge < -0.3 is 4.74 Å². The van der Waals surface area contributed by atoms with E-state index < -0.39 is 19.6 Å². The third-order valence-electron chi connectivity index (χ3n) is 2.00. The lowest BCUT2D eigenvalue weighted by molar-refractivity contribution is -0.0356. The zero-order valence-electron chi connectivity index (χ0n) is 8.47. The molecular formula is C10H11O4P. The summed E-state index contributed by atoms with van der Waals surface area (Å²) < 4.78 is 21.7. The molecule has 0 amide bonds. The smallest absolute Gasteiger partial charge is 0.341 e. The van der Waals surface area contributed by atoms with Gasteiger partial charge in [0.25, 0.3) is 0 Å². The van der Waals surface area contributed by atoms with Gasteiger partial charge in [-0.2, -0.15) is 0 Å². The van der Waals surface area contributed by atoms with Crippen LogP contribution >= 0.6 is 7.37 Å². The van der Waals surface area contributed by atoms with Gasteiger partial charge >= 0.3 is 5.97 Å². The maximum absolute atomic E-state index is 11.5. The molecule has 1 unspecified atom stereocenters. The first-order valence-electron chi connectivity index (χ1n) is 4.51. The Morgan fingerprint density at radius 2 is 2.00 bits per heavy atom. The maximum atomic E-state index is 11.5. The lowest BCUT2D eigenvalue weighted by atomic mass is 10.1. The molecule has 1 heterocycles. The summed E-state index contributed by atoms with van der Waals surface area (Å²) in [4.78, 5) is 11.4. The molecule has 1 aromatic rings. The molecule has 1 aliphatic rings. The molecule has 0 N–H and O–H groups in total. The van der Waals surface area contributed by atoms with Gasteiger partial charge in [-0.1, -0.05) is 18.2 Å². The maximum Gasteiger partial charge on any atom is 0.341 e. The number of hydrogen-bond donors (Lipinski definition) is 0. The summed E-state index contributed by atoms with van der Waals surface area (Å²) >= 11 is 0. The highest BCUT2D eigenvalue weighted by Gasteiger charge is 2.33. The molecule has 0 aromatic heterocycles. The van der Waals surface area contributed by atoms with Crippen LogP contribution < -0.4 is 0 Å². The third-order valence-corrected chi connectivity index (χ3v) is 2.70. The highest BCUT2D eigenvalue weighted by Crippen LogP contribution is 2.46. The fraction of sp³-hybridized carbons (Fsp3) is 0.300. The Morgan fingerprint density at radius 3 is 2.67 bits per heavy atom. The minimum atomic E-state index is -2.67. The van der Waals surface area contributed by atoms with Crippen molar-refractivity contribution in [3.63, 3.8) is 0 Å². The number of carbonyl (C=O) groups is 1. The number of fused-ring (bicyclic) bond motifs is 1. The number of hydrogen-bond acceptors (Lipinski definition) is 4. The van der Waals surface area contributed by atoms with Crippen molar-refractivity contribution < 1.29 is 18.6 Å². The van der Waals surface area contributed by atoms with Gasteiger partial charge in [-0.25, -0.2) is 4.79 Å². The fourth-order valence-corrected chi connectivity index (χ4v) is 2.04. The van der Waals surface area contributed by atoms with Crippen LogP contribution in [0.5, 0.6) is 0 Å². The Labute approximate surface area is 87.7 Å². The van der Waals surface area contributed by atoms with Crippen LogP contribution in [0.4, 0.5) is 0 Å². The van der Waals surface area contributed by atoms with Crippen LogP contribution in [0.3, 0.4) is 0 Å². The van der Waals surface area contributed by atoms with Crippen LogP contribution in [0, 0.1) is 0 Å². The lowest BCUT2D eigenvalue weighted by Crippen LogP contribution is -2.01. The Kier molecular flexibility index (Phi) is 2.41. The largest absolute Gasteiger partial charge is 0.427 e. The van der Waals surface area contributed by atoms with E-state index in [-0.39, 0.29) is 0 Å². The van der Waals surface area contributed by atoms with E-state index in [0.717, 1.165) is 0 Å². The van der Waals surface area contributed by atoms with Crippen LogP contribution in [0.1, 0.15) is 22.2 Å². The van der Waals surface area contributed by atoms with Crippen molar-refractivity contribution in [3.8, 4) is 0 Å². The highest BCUT2D eigenvalue weighted by atomic mass is 31.2. The van der Waals surface area contributed by atoms with Crippen LogP contribution in [-0.4, -0.2) is 19.3 Å². The van der Waals surface area contributed by atoms with Crippen molar-refractivity contribution in [1.82, 2.24) is 0 Å². The summed E-state index contributed by atoms with van der Waals surface area (Å²) in [7, 11) is -2.67. The van der Waals surface area contributed by atoms with E-state index >= 15 is 0 Å². The SMILES string of the molecule is CP(C)(=O)OC1OC(=O)c2ccccc21. The summed E-state index contributed by atoms with van der Waals surface area (Å²) in [5.74, 6) is -0.427. The number of esters is 1. The molecule has 0 radical (unpaired) electrons. The van der Waals surface area contributed by atoms with Crippen molar-refractivity contribution in [2.45, 2.75) is 6.29 Å². The van der Waals surface area contributed by atoms with E-state index in [0.29, 0.717) is 11.1 Å². The molecule has 1 aliphatic heterocycles. The van der Waals surface area contributed by atoms with E-state index in [1.165, 1.54) is 13.3 Å². The summed E-state index contributed by atoms with van der Waals surface area (Å²) in [6, 6.07) is 6.94. The monoisotopic (exact) mass is 226 g/mol. The lowest BCUT2D eigenvalue weighted by Gasteiger charge is -2.14. The molecule has 5 heteroatoms. The Morgan fingerprint density at radius 1 is 1.33 bits per heavy atom. The second-order valence-corrected chi connectivity index (χ2v) is 6.40. The van der Waals surface area contributed by atoms with Gasteiger partial charge in [0.1, 0.15) is 0 Å². The number of rotatable bonds is 2. The molecule has 1 aromatic carbocycles. The zero-order chi connectivity index (χ0) is 11.1. The minimum absolute atomic E-state index is 0.427. The predicted molar refractivity (Wildman–Crippen MR) is 55.1 cm³/mol. The van der Waals surface area contributed by atoms with Gasteiger partial charge in [0.15, 0.2) is 0 Å². The number of benzene rings is 1. The third kappa shape index (κ3) is 2.11. The van der Waals surface area contributed by atoms with Gasteiger partial charge in [-0.05, 0) is 6.07 Å². The quantitative estimate of drug-likeness (QED) is 0.574. The molecule has 2 rings (SSSR count). The van der Waals surface area contributed by atoms with Crippen LogP contribution in [-0.2, 0) is 13.8 Å². The normalized spacial score (nSPS) is 19.9. The molecule has 0 saturated carbocycles. The van der Waals surface area contributed by atoms with Gasteiger partial charge in [0, 0.05) is 18.9 Å². The molecular weight excluding hydrogens is 215 g/mol. The number of ether oxygens (including phenoxy) is 1. The summed E-state index contributed by atoms with van der Waals surface area (Å²) in [6.45, 7) is 2.98. The molecule has 0 saturated heterocycles. The average molecular weight is 226 g/mol. The predicted octanol–water partition coefficient (Wildman–Crippen LogP) is 2.41. The Bertz CT molecular complexity index is 448. The Balaban J connectivity index is 2.33. The van der Waals surface area contributed by atoms with Crippen molar-refractivity contribution in [2.24, 2.45) is 0 Å².